The maximum absolute atomic E-state index is 11.5. The number of carbonyl (C=O) groups excluding carboxylic acids is 1. The molecule has 4 nitrogen and oxygen atoms in total. The molecule has 2 N–H and O–H groups in total. The van der Waals surface area contributed by atoms with E-state index in [1.54, 1.807) is 0 Å². The number of aliphatic hydroxyl groups excluding tert-OH is 2. The van der Waals surface area contributed by atoms with Crippen LogP contribution in [0, 0.1) is 0 Å². The van der Waals surface area contributed by atoms with E-state index in [1.165, 1.54) is 25.7 Å². The summed E-state index contributed by atoms with van der Waals surface area (Å²) in [6, 6.07) is 0. The molecule has 4 heteroatoms. The third-order valence-corrected chi connectivity index (χ3v) is 3.85. The van der Waals surface area contributed by atoms with Crippen molar-refractivity contribution in [2.24, 2.45) is 0 Å². The van der Waals surface area contributed by atoms with Gasteiger partial charge in [-0.05, 0) is 25.7 Å². The first-order valence-electron chi connectivity index (χ1n) is 9.18. The first-order chi connectivity index (χ1) is 10.8. The summed E-state index contributed by atoms with van der Waals surface area (Å²) in [5.74, 6) is -0.0637. The largest absolute Gasteiger partial charge is 0.466 e. The van der Waals surface area contributed by atoms with Crippen molar-refractivity contribution in [1.29, 1.82) is 0 Å². The zero-order valence-electron chi connectivity index (χ0n) is 14.2. The van der Waals surface area contributed by atoms with Crippen LogP contribution in [0.15, 0.2) is 0 Å². The maximum Gasteiger partial charge on any atom is 0.305 e. The number of ether oxygens (including phenoxy) is 1. The molecule has 0 saturated carbocycles. The lowest BCUT2D eigenvalue weighted by atomic mass is 10.1. The molecule has 0 aliphatic heterocycles. The van der Waals surface area contributed by atoms with E-state index in [4.69, 9.17) is 14.9 Å². The highest BCUT2D eigenvalue weighted by Gasteiger charge is 2.02. The Morgan fingerprint density at radius 2 is 1.00 bits per heavy atom. The summed E-state index contributed by atoms with van der Waals surface area (Å²) < 4.78 is 5.22. The predicted octanol–water partition coefficient (Wildman–Crippen LogP) is 3.98. The molecule has 0 rings (SSSR count). The summed E-state index contributed by atoms with van der Waals surface area (Å²) in [6.07, 6.45) is 14.6. The molecule has 0 aliphatic carbocycles. The predicted molar refractivity (Wildman–Crippen MR) is 89.8 cm³/mol. The Hall–Kier alpha value is -0.610. The van der Waals surface area contributed by atoms with Gasteiger partial charge in [0, 0.05) is 19.6 Å². The maximum atomic E-state index is 11.5. The lowest BCUT2D eigenvalue weighted by molar-refractivity contribution is -0.143. The SMILES string of the molecule is O=C(CCCCCCCO)OCCCCCCCCCCO. The van der Waals surface area contributed by atoms with E-state index in [-0.39, 0.29) is 12.6 Å². The molecule has 0 amide bonds. The molecule has 132 valence electrons. The van der Waals surface area contributed by atoms with E-state index in [2.05, 4.69) is 0 Å². The first kappa shape index (κ1) is 21.4. The smallest absolute Gasteiger partial charge is 0.305 e. The molecule has 0 aromatic rings. The number of aliphatic hydroxyl groups is 2. The minimum atomic E-state index is -0.0637. The van der Waals surface area contributed by atoms with Crippen molar-refractivity contribution >= 4 is 5.97 Å². The molecule has 0 saturated heterocycles. The van der Waals surface area contributed by atoms with Gasteiger partial charge < -0.3 is 14.9 Å². The van der Waals surface area contributed by atoms with E-state index in [0.717, 1.165) is 57.8 Å². The number of esters is 1. The minimum absolute atomic E-state index is 0.0637. The number of hydrogen-bond acceptors (Lipinski definition) is 4. The van der Waals surface area contributed by atoms with E-state index in [1.807, 2.05) is 0 Å². The van der Waals surface area contributed by atoms with Gasteiger partial charge in [-0.1, -0.05) is 57.8 Å². The van der Waals surface area contributed by atoms with Gasteiger partial charge in [0.05, 0.1) is 6.61 Å². The molecule has 0 aliphatic rings. The van der Waals surface area contributed by atoms with Crippen LogP contribution in [-0.4, -0.2) is 36.0 Å². The average molecular weight is 316 g/mol. The van der Waals surface area contributed by atoms with Gasteiger partial charge in [-0.3, -0.25) is 4.79 Å². The first-order valence-corrected chi connectivity index (χ1v) is 9.18. The van der Waals surface area contributed by atoms with Gasteiger partial charge in [-0.25, -0.2) is 0 Å². The van der Waals surface area contributed by atoms with E-state index in [9.17, 15) is 4.79 Å². The third kappa shape index (κ3) is 17.4. The Labute approximate surface area is 136 Å². The van der Waals surface area contributed by atoms with Crippen LogP contribution in [0.1, 0.15) is 89.9 Å². The van der Waals surface area contributed by atoms with Crippen molar-refractivity contribution in [3.8, 4) is 0 Å². The average Bonchev–Trinajstić information content (AvgIpc) is 2.52. The van der Waals surface area contributed by atoms with Crippen LogP contribution < -0.4 is 0 Å². The van der Waals surface area contributed by atoms with Gasteiger partial charge in [-0.2, -0.15) is 0 Å². The van der Waals surface area contributed by atoms with Crippen LogP contribution in [0.25, 0.3) is 0 Å². The molecule has 0 bridgehead atoms. The molecular weight excluding hydrogens is 280 g/mol. The zero-order valence-corrected chi connectivity index (χ0v) is 14.2. The molecule has 0 radical (unpaired) electrons. The zero-order chi connectivity index (χ0) is 16.3. The monoisotopic (exact) mass is 316 g/mol. The molecule has 0 fully saturated rings. The van der Waals surface area contributed by atoms with Crippen LogP contribution in [0.5, 0.6) is 0 Å². The minimum Gasteiger partial charge on any atom is -0.466 e. The summed E-state index contributed by atoms with van der Waals surface area (Å²) in [4.78, 5) is 11.5. The van der Waals surface area contributed by atoms with Gasteiger partial charge >= 0.3 is 5.97 Å². The van der Waals surface area contributed by atoms with Gasteiger partial charge in [0.15, 0.2) is 0 Å². The Kier molecular flexibility index (Phi) is 17.9. The van der Waals surface area contributed by atoms with Crippen LogP contribution in [-0.2, 0) is 9.53 Å². The fourth-order valence-corrected chi connectivity index (χ4v) is 2.44. The number of unbranched alkanes of at least 4 members (excludes halogenated alkanes) is 11. The van der Waals surface area contributed by atoms with Crippen molar-refractivity contribution < 1.29 is 19.7 Å². The molecule has 0 aromatic carbocycles. The molecule has 0 unspecified atom stereocenters. The van der Waals surface area contributed by atoms with Crippen LogP contribution in [0.4, 0.5) is 0 Å². The highest BCUT2D eigenvalue weighted by atomic mass is 16.5. The van der Waals surface area contributed by atoms with Crippen molar-refractivity contribution in [3.05, 3.63) is 0 Å². The quantitative estimate of drug-likeness (QED) is 0.315. The molecule has 0 spiro atoms. The molecular formula is C18H36O4. The second kappa shape index (κ2) is 18.4. The van der Waals surface area contributed by atoms with Gasteiger partial charge in [-0.15, -0.1) is 0 Å². The van der Waals surface area contributed by atoms with Gasteiger partial charge in [0.25, 0.3) is 0 Å². The normalized spacial score (nSPS) is 10.8. The van der Waals surface area contributed by atoms with Crippen LogP contribution >= 0.6 is 0 Å². The van der Waals surface area contributed by atoms with E-state index >= 15 is 0 Å². The Bertz CT molecular complexity index is 231. The van der Waals surface area contributed by atoms with E-state index < -0.39 is 0 Å². The standard InChI is InChI=1S/C18H36O4/c19-15-11-7-3-1-2-4-9-13-17-22-18(21)14-10-6-5-8-12-16-20/h19-20H,1-17H2. The second-order valence-corrected chi connectivity index (χ2v) is 6.01. The molecule has 0 aromatic heterocycles. The second-order valence-electron chi connectivity index (χ2n) is 6.01. The highest BCUT2D eigenvalue weighted by Crippen LogP contribution is 2.09. The molecule has 0 heterocycles. The summed E-state index contributed by atoms with van der Waals surface area (Å²) in [7, 11) is 0. The third-order valence-electron chi connectivity index (χ3n) is 3.85. The number of hydrogen-bond donors (Lipinski definition) is 2. The molecule has 0 atom stereocenters. The van der Waals surface area contributed by atoms with Crippen LogP contribution in [0.3, 0.4) is 0 Å². The summed E-state index contributed by atoms with van der Waals surface area (Å²) in [5, 5.41) is 17.3. The Morgan fingerprint density at radius 3 is 1.50 bits per heavy atom. The summed E-state index contributed by atoms with van der Waals surface area (Å²) >= 11 is 0. The van der Waals surface area contributed by atoms with E-state index in [0.29, 0.717) is 19.6 Å². The van der Waals surface area contributed by atoms with Crippen molar-refractivity contribution in [2.45, 2.75) is 89.9 Å². The summed E-state index contributed by atoms with van der Waals surface area (Å²) in [6.45, 7) is 1.15. The summed E-state index contributed by atoms with van der Waals surface area (Å²) in [5.41, 5.74) is 0. The van der Waals surface area contributed by atoms with Crippen molar-refractivity contribution in [2.75, 3.05) is 19.8 Å². The Morgan fingerprint density at radius 1 is 0.591 bits per heavy atom. The topological polar surface area (TPSA) is 66.8 Å². The van der Waals surface area contributed by atoms with Crippen molar-refractivity contribution in [3.63, 3.8) is 0 Å². The fraction of sp³-hybridized carbons (Fsp3) is 0.944. The number of carbonyl (C=O) groups is 1. The lowest BCUT2D eigenvalue weighted by Crippen LogP contribution is -2.05. The fourth-order valence-electron chi connectivity index (χ4n) is 2.44. The van der Waals surface area contributed by atoms with Gasteiger partial charge in [0.1, 0.15) is 0 Å². The number of rotatable bonds is 17. The molecule has 22 heavy (non-hydrogen) atoms. The lowest BCUT2D eigenvalue weighted by Gasteiger charge is -2.05. The highest BCUT2D eigenvalue weighted by molar-refractivity contribution is 5.69. The Balaban J connectivity index is 3.12. The van der Waals surface area contributed by atoms with Crippen molar-refractivity contribution in [1.82, 2.24) is 0 Å². The van der Waals surface area contributed by atoms with Gasteiger partial charge in [0.2, 0.25) is 0 Å². The van der Waals surface area contributed by atoms with Crippen LogP contribution in [0.2, 0.25) is 0 Å².